The molecule has 3 aromatic heterocycles. The number of hydrogen-bond donors (Lipinski definition) is 3. The molecule has 7 heteroatoms. The van der Waals surface area contributed by atoms with Crippen molar-refractivity contribution >= 4 is 34.1 Å². The van der Waals surface area contributed by atoms with Crippen molar-refractivity contribution in [2.45, 2.75) is 6.54 Å². The van der Waals surface area contributed by atoms with Crippen LogP contribution in [-0.4, -0.2) is 20.2 Å². The fourth-order valence-electron chi connectivity index (χ4n) is 1.57. The second-order valence-electron chi connectivity index (χ2n) is 3.55. The van der Waals surface area contributed by atoms with E-state index in [0.29, 0.717) is 18.0 Å². The first-order chi connectivity index (χ1) is 8.33. The summed E-state index contributed by atoms with van der Waals surface area (Å²) in [5.41, 5.74) is 7.48. The molecule has 0 atom stereocenters. The van der Waals surface area contributed by atoms with Crippen molar-refractivity contribution in [1.29, 1.82) is 0 Å². The molecule has 0 saturated carbocycles. The molecular formula is C10H10N6S. The third-order valence-electron chi connectivity index (χ3n) is 2.37. The summed E-state index contributed by atoms with van der Waals surface area (Å²) in [5, 5.41) is 14.9. The quantitative estimate of drug-likeness (QED) is 0.653. The minimum atomic E-state index is 0.231. The lowest BCUT2D eigenvalue weighted by Gasteiger charge is -2.05. The standard InChI is InChI=1S/C10H10N6S/c11-10-14-8(7-4-13-16-9(7)15-10)12-3-6-1-2-17-5-6/h1-2,4-5H,3H2,(H4,11,12,13,14,15,16). The number of nitrogens with two attached hydrogens (primary N) is 1. The highest BCUT2D eigenvalue weighted by molar-refractivity contribution is 7.07. The Morgan fingerprint density at radius 2 is 2.35 bits per heavy atom. The Bertz CT molecular complexity index is 629. The molecule has 17 heavy (non-hydrogen) atoms. The van der Waals surface area contributed by atoms with Crippen molar-refractivity contribution in [1.82, 2.24) is 20.2 Å². The van der Waals surface area contributed by atoms with E-state index in [0.717, 1.165) is 5.39 Å². The van der Waals surface area contributed by atoms with Crippen molar-refractivity contribution in [3.05, 3.63) is 28.6 Å². The highest BCUT2D eigenvalue weighted by Crippen LogP contribution is 2.19. The Morgan fingerprint density at radius 1 is 1.41 bits per heavy atom. The van der Waals surface area contributed by atoms with Crippen molar-refractivity contribution in [3.8, 4) is 0 Å². The minimum absolute atomic E-state index is 0.231. The van der Waals surface area contributed by atoms with Gasteiger partial charge in [-0.25, -0.2) is 0 Å². The molecule has 6 nitrogen and oxygen atoms in total. The second kappa shape index (κ2) is 4.02. The number of nitrogen functional groups attached to an aromatic ring is 1. The summed E-state index contributed by atoms with van der Waals surface area (Å²) in [6.45, 7) is 0.709. The third kappa shape index (κ3) is 1.92. The molecule has 4 N–H and O–H groups in total. The average Bonchev–Trinajstić information content (AvgIpc) is 2.95. The van der Waals surface area contributed by atoms with Gasteiger partial charge in [0.05, 0.1) is 11.6 Å². The van der Waals surface area contributed by atoms with Gasteiger partial charge in [-0.1, -0.05) is 0 Å². The van der Waals surface area contributed by atoms with Gasteiger partial charge in [0, 0.05) is 6.54 Å². The highest BCUT2D eigenvalue weighted by atomic mass is 32.1. The smallest absolute Gasteiger partial charge is 0.224 e. The molecule has 0 bridgehead atoms. The summed E-state index contributed by atoms with van der Waals surface area (Å²) in [4.78, 5) is 8.22. The van der Waals surface area contributed by atoms with E-state index in [2.05, 4.69) is 36.9 Å². The zero-order valence-electron chi connectivity index (χ0n) is 8.84. The lowest BCUT2D eigenvalue weighted by atomic mass is 10.3. The van der Waals surface area contributed by atoms with Gasteiger partial charge in [-0.15, -0.1) is 0 Å². The summed E-state index contributed by atoms with van der Waals surface area (Å²) in [5.74, 6) is 0.932. The average molecular weight is 246 g/mol. The largest absolute Gasteiger partial charge is 0.368 e. The lowest BCUT2D eigenvalue weighted by molar-refractivity contribution is 1.09. The summed E-state index contributed by atoms with van der Waals surface area (Å²) in [6, 6.07) is 2.06. The van der Waals surface area contributed by atoms with Crippen LogP contribution in [-0.2, 0) is 6.54 Å². The van der Waals surface area contributed by atoms with Gasteiger partial charge in [-0.05, 0) is 22.4 Å². The van der Waals surface area contributed by atoms with E-state index < -0.39 is 0 Å². The number of thiophene rings is 1. The van der Waals surface area contributed by atoms with Gasteiger partial charge in [0.15, 0.2) is 5.65 Å². The number of aromatic amines is 1. The number of aromatic nitrogens is 4. The summed E-state index contributed by atoms with van der Waals surface area (Å²) < 4.78 is 0. The maximum Gasteiger partial charge on any atom is 0.224 e. The van der Waals surface area contributed by atoms with Crippen molar-refractivity contribution < 1.29 is 0 Å². The molecular weight excluding hydrogens is 236 g/mol. The van der Waals surface area contributed by atoms with E-state index in [1.54, 1.807) is 17.5 Å². The maximum absolute atomic E-state index is 5.62. The van der Waals surface area contributed by atoms with Crippen LogP contribution in [0.2, 0.25) is 0 Å². The zero-order valence-corrected chi connectivity index (χ0v) is 9.66. The number of anilines is 2. The number of nitrogens with one attached hydrogen (secondary N) is 2. The second-order valence-corrected chi connectivity index (χ2v) is 4.33. The fourth-order valence-corrected chi connectivity index (χ4v) is 2.23. The molecule has 0 spiro atoms. The predicted octanol–water partition coefficient (Wildman–Crippen LogP) is 1.61. The fraction of sp³-hybridized carbons (Fsp3) is 0.100. The molecule has 0 fully saturated rings. The monoisotopic (exact) mass is 246 g/mol. The van der Waals surface area contributed by atoms with Crippen LogP contribution in [0, 0.1) is 0 Å². The number of H-pyrrole nitrogens is 1. The third-order valence-corrected chi connectivity index (χ3v) is 3.10. The number of nitrogens with zero attached hydrogens (tertiary/aromatic N) is 3. The van der Waals surface area contributed by atoms with Crippen LogP contribution in [0.5, 0.6) is 0 Å². The highest BCUT2D eigenvalue weighted by Gasteiger charge is 2.07. The van der Waals surface area contributed by atoms with Crippen molar-refractivity contribution in [3.63, 3.8) is 0 Å². The summed E-state index contributed by atoms with van der Waals surface area (Å²) >= 11 is 1.67. The van der Waals surface area contributed by atoms with Gasteiger partial charge >= 0.3 is 0 Å². The van der Waals surface area contributed by atoms with Gasteiger partial charge in [0.25, 0.3) is 0 Å². The van der Waals surface area contributed by atoms with Crippen LogP contribution in [0.4, 0.5) is 11.8 Å². The van der Waals surface area contributed by atoms with Crippen LogP contribution in [0.15, 0.2) is 23.0 Å². The van der Waals surface area contributed by atoms with E-state index in [9.17, 15) is 0 Å². The number of rotatable bonds is 3. The van der Waals surface area contributed by atoms with Crippen LogP contribution < -0.4 is 11.1 Å². The molecule has 0 aliphatic heterocycles. The Hall–Kier alpha value is -2.15. The van der Waals surface area contributed by atoms with Crippen LogP contribution in [0.25, 0.3) is 11.0 Å². The van der Waals surface area contributed by atoms with E-state index in [-0.39, 0.29) is 5.95 Å². The molecule has 0 radical (unpaired) electrons. The van der Waals surface area contributed by atoms with Gasteiger partial charge in [-0.2, -0.15) is 26.4 Å². The van der Waals surface area contributed by atoms with Gasteiger partial charge in [-0.3, -0.25) is 5.10 Å². The number of fused-ring (bicyclic) bond motifs is 1. The molecule has 0 amide bonds. The van der Waals surface area contributed by atoms with Crippen molar-refractivity contribution in [2.75, 3.05) is 11.1 Å². The predicted molar refractivity (Wildman–Crippen MR) is 67.7 cm³/mol. The normalized spacial score (nSPS) is 10.8. The SMILES string of the molecule is Nc1nc(NCc2ccsc2)c2cn[nH]c2n1. The number of hydrogen-bond acceptors (Lipinski definition) is 6. The maximum atomic E-state index is 5.62. The first kappa shape index (κ1) is 10.0. The van der Waals surface area contributed by atoms with Crippen LogP contribution >= 0.6 is 11.3 Å². The van der Waals surface area contributed by atoms with E-state index in [1.165, 1.54) is 5.56 Å². The topological polar surface area (TPSA) is 92.5 Å². The summed E-state index contributed by atoms with van der Waals surface area (Å²) in [6.07, 6.45) is 1.69. The van der Waals surface area contributed by atoms with E-state index >= 15 is 0 Å². The van der Waals surface area contributed by atoms with E-state index in [1.807, 2.05) is 5.38 Å². The Labute approximate surface area is 101 Å². The molecule has 0 aliphatic rings. The lowest BCUT2D eigenvalue weighted by Crippen LogP contribution is -2.04. The first-order valence-corrected chi connectivity index (χ1v) is 5.99. The molecule has 0 saturated heterocycles. The minimum Gasteiger partial charge on any atom is -0.368 e. The molecule has 0 aromatic carbocycles. The van der Waals surface area contributed by atoms with Crippen LogP contribution in [0.3, 0.4) is 0 Å². The molecule has 0 aliphatic carbocycles. The van der Waals surface area contributed by atoms with Gasteiger partial charge < -0.3 is 11.1 Å². The molecule has 0 unspecified atom stereocenters. The molecule has 3 heterocycles. The summed E-state index contributed by atoms with van der Waals surface area (Å²) in [7, 11) is 0. The Balaban J connectivity index is 1.91. The van der Waals surface area contributed by atoms with Crippen molar-refractivity contribution in [2.24, 2.45) is 0 Å². The molecule has 86 valence electrons. The van der Waals surface area contributed by atoms with E-state index in [4.69, 9.17) is 5.73 Å². The molecule has 3 rings (SSSR count). The van der Waals surface area contributed by atoms with Crippen LogP contribution in [0.1, 0.15) is 5.56 Å². The Kier molecular flexibility index (Phi) is 2.37. The van der Waals surface area contributed by atoms with Gasteiger partial charge in [0.2, 0.25) is 5.95 Å². The molecule has 3 aromatic rings. The zero-order chi connectivity index (χ0) is 11.7. The first-order valence-electron chi connectivity index (χ1n) is 5.04. The van der Waals surface area contributed by atoms with Gasteiger partial charge in [0.1, 0.15) is 5.82 Å². The Morgan fingerprint density at radius 3 is 3.18 bits per heavy atom.